The summed E-state index contributed by atoms with van der Waals surface area (Å²) < 4.78 is 61.6. The molecule has 0 saturated heterocycles. The monoisotopic (exact) mass is 303 g/mol. The van der Waals surface area contributed by atoms with Crippen molar-refractivity contribution in [3.63, 3.8) is 0 Å². The Morgan fingerprint density at radius 1 is 1.12 bits per heavy atom. The zero-order valence-electron chi connectivity index (χ0n) is 7.60. The third kappa shape index (κ3) is 3.65. The predicted octanol–water partition coefficient (Wildman–Crippen LogP) is 4.88. The third-order valence-corrected chi connectivity index (χ3v) is 3.20. The molecule has 2 N–H and O–H groups in total. The Balaban J connectivity index is 0.00000225. The fourth-order valence-corrected chi connectivity index (χ4v) is 1.83. The maximum Gasteiger partial charge on any atom is 0.310 e. The molecule has 1 aromatic carbocycles. The minimum Gasteiger partial charge on any atom is -0.326 e. The standard InChI is InChI=1S/C7H7ClF5NS.ClH/c8-7-2-1-6(3-5(7)4-14)15(9,10,11,12)13;/h1-3H,4,14H2;1H. The van der Waals surface area contributed by atoms with Crippen LogP contribution in [-0.4, -0.2) is 0 Å². The highest BCUT2D eigenvalue weighted by Gasteiger charge is 2.65. The first-order valence-electron chi connectivity index (χ1n) is 3.66. The van der Waals surface area contributed by atoms with Crippen LogP contribution in [-0.2, 0) is 6.54 Å². The van der Waals surface area contributed by atoms with E-state index in [1.807, 2.05) is 0 Å². The van der Waals surface area contributed by atoms with E-state index in [0.29, 0.717) is 0 Å². The van der Waals surface area contributed by atoms with Gasteiger partial charge in [-0.25, -0.2) is 0 Å². The predicted molar refractivity (Wildman–Crippen MR) is 58.0 cm³/mol. The van der Waals surface area contributed by atoms with Crippen LogP contribution in [0.15, 0.2) is 23.1 Å². The van der Waals surface area contributed by atoms with Gasteiger partial charge in [-0.1, -0.05) is 31.0 Å². The van der Waals surface area contributed by atoms with Crippen LogP contribution in [0.4, 0.5) is 19.4 Å². The molecule has 0 aliphatic heterocycles. The average Bonchev–Trinajstić information content (AvgIpc) is 2.00. The molecule has 1 nitrogen and oxygen atoms in total. The van der Waals surface area contributed by atoms with Crippen molar-refractivity contribution in [3.8, 4) is 0 Å². The van der Waals surface area contributed by atoms with Crippen LogP contribution < -0.4 is 5.73 Å². The van der Waals surface area contributed by atoms with Gasteiger partial charge in [-0.05, 0) is 23.8 Å². The van der Waals surface area contributed by atoms with E-state index in [1.54, 1.807) is 0 Å². The average molecular weight is 304 g/mol. The second-order valence-electron chi connectivity index (χ2n) is 2.93. The van der Waals surface area contributed by atoms with E-state index >= 15 is 0 Å². The van der Waals surface area contributed by atoms with Crippen molar-refractivity contribution in [1.82, 2.24) is 0 Å². The van der Waals surface area contributed by atoms with Crippen LogP contribution in [0.25, 0.3) is 0 Å². The second-order valence-corrected chi connectivity index (χ2v) is 5.74. The summed E-state index contributed by atoms with van der Waals surface area (Å²) >= 11 is 5.46. The summed E-state index contributed by atoms with van der Waals surface area (Å²) in [5.74, 6) is 0. The molecule has 0 unspecified atom stereocenters. The zero-order chi connectivity index (χ0) is 12.0. The number of benzene rings is 1. The van der Waals surface area contributed by atoms with Gasteiger partial charge in [-0.15, -0.1) is 12.4 Å². The topological polar surface area (TPSA) is 26.0 Å². The Labute approximate surface area is 99.9 Å². The molecule has 0 aliphatic rings. The van der Waals surface area contributed by atoms with Crippen molar-refractivity contribution in [3.05, 3.63) is 28.8 Å². The van der Waals surface area contributed by atoms with Gasteiger partial charge in [0.25, 0.3) is 0 Å². The SMILES string of the molecule is Cl.NCc1cc(S(F)(F)(F)(F)F)ccc1Cl. The van der Waals surface area contributed by atoms with Crippen LogP contribution in [0, 0.1) is 0 Å². The molecule has 9 heteroatoms. The molecule has 0 aliphatic carbocycles. The van der Waals surface area contributed by atoms with E-state index in [4.69, 9.17) is 17.3 Å². The molecule has 96 valence electrons. The van der Waals surface area contributed by atoms with Crippen molar-refractivity contribution in [2.45, 2.75) is 11.4 Å². The maximum atomic E-state index is 12.3. The van der Waals surface area contributed by atoms with E-state index in [0.717, 1.165) is 6.07 Å². The largest absolute Gasteiger partial charge is 0.326 e. The molecule has 1 aromatic rings. The Kier molecular flexibility index (Phi) is 3.57. The molecule has 1 rings (SSSR count). The van der Waals surface area contributed by atoms with Gasteiger partial charge in [0.15, 0.2) is 0 Å². The fraction of sp³-hybridized carbons (Fsp3) is 0.143. The van der Waals surface area contributed by atoms with Crippen LogP contribution in [0.5, 0.6) is 0 Å². The van der Waals surface area contributed by atoms with Crippen LogP contribution in [0.2, 0.25) is 5.02 Å². The summed E-state index contributed by atoms with van der Waals surface area (Å²) in [5, 5.41) is -0.0666. The van der Waals surface area contributed by atoms with Gasteiger partial charge < -0.3 is 5.73 Å². The second kappa shape index (κ2) is 3.63. The van der Waals surface area contributed by atoms with Crippen molar-refractivity contribution < 1.29 is 19.4 Å². The first-order chi connectivity index (χ1) is 6.44. The quantitative estimate of drug-likeness (QED) is 0.774. The summed E-state index contributed by atoms with van der Waals surface area (Å²) in [6, 6.07) is 1.30. The lowest BCUT2D eigenvalue weighted by molar-refractivity contribution is 0.364. The van der Waals surface area contributed by atoms with Gasteiger partial charge in [-0.3, -0.25) is 0 Å². The Morgan fingerprint density at radius 2 is 1.62 bits per heavy atom. The van der Waals surface area contributed by atoms with E-state index < -0.39 is 15.1 Å². The molecule has 0 spiro atoms. The minimum atomic E-state index is -9.62. The van der Waals surface area contributed by atoms with E-state index in [-0.39, 0.29) is 41.7 Å². The zero-order valence-corrected chi connectivity index (χ0v) is 9.99. The smallest absolute Gasteiger partial charge is 0.310 e. The normalized spacial score (nSPS) is 15.9. The third-order valence-electron chi connectivity index (χ3n) is 1.68. The van der Waals surface area contributed by atoms with E-state index in [9.17, 15) is 19.4 Å². The summed E-state index contributed by atoms with van der Waals surface area (Å²) in [7, 11) is -9.62. The molecule has 0 amide bonds. The van der Waals surface area contributed by atoms with E-state index in [2.05, 4.69) is 0 Å². The number of hydrogen-bond acceptors (Lipinski definition) is 1. The Bertz CT molecular complexity index is 404. The van der Waals surface area contributed by atoms with Crippen molar-refractivity contribution in [2.24, 2.45) is 5.73 Å². The van der Waals surface area contributed by atoms with Crippen LogP contribution in [0.3, 0.4) is 0 Å². The molecular formula is C7H8Cl2F5NS. The molecule has 0 heterocycles. The first-order valence-corrected chi connectivity index (χ1v) is 5.99. The van der Waals surface area contributed by atoms with Gasteiger partial charge in [0.2, 0.25) is 0 Å². The van der Waals surface area contributed by atoms with Gasteiger partial charge in [0.1, 0.15) is 4.90 Å². The van der Waals surface area contributed by atoms with Crippen molar-refractivity contribution >= 4 is 34.2 Å². The number of rotatable bonds is 2. The molecule has 0 radical (unpaired) electrons. The van der Waals surface area contributed by atoms with Gasteiger partial charge in [-0.2, -0.15) is 0 Å². The lowest BCUT2D eigenvalue weighted by Gasteiger charge is -2.40. The molecule has 16 heavy (non-hydrogen) atoms. The minimum absolute atomic E-state index is 0. The summed E-state index contributed by atoms with van der Waals surface area (Å²) in [5.41, 5.74) is 4.90. The lowest BCUT2D eigenvalue weighted by atomic mass is 10.2. The number of halogens is 7. The fourth-order valence-electron chi connectivity index (χ4n) is 0.947. The molecule has 0 saturated carbocycles. The Morgan fingerprint density at radius 3 is 2.00 bits per heavy atom. The summed E-state index contributed by atoms with van der Waals surface area (Å²) in [4.78, 5) is -1.97. The summed E-state index contributed by atoms with van der Waals surface area (Å²) in [6.45, 7) is -0.333. The van der Waals surface area contributed by atoms with Crippen LogP contribution in [0.1, 0.15) is 5.56 Å². The number of hydrogen-bond donors (Lipinski definition) is 1. The van der Waals surface area contributed by atoms with Gasteiger partial charge in [0.05, 0.1) is 0 Å². The molecule has 0 fully saturated rings. The highest BCUT2D eigenvalue weighted by molar-refractivity contribution is 8.45. The van der Waals surface area contributed by atoms with E-state index in [1.165, 1.54) is 0 Å². The van der Waals surface area contributed by atoms with Crippen molar-refractivity contribution in [1.29, 1.82) is 0 Å². The van der Waals surface area contributed by atoms with Crippen LogP contribution >= 0.6 is 34.2 Å². The lowest BCUT2D eigenvalue weighted by Crippen LogP contribution is -2.07. The molecular weight excluding hydrogens is 296 g/mol. The highest BCUT2D eigenvalue weighted by atomic mass is 35.5. The Hall–Kier alpha value is -0.240. The maximum absolute atomic E-state index is 12.3. The number of nitrogens with two attached hydrogens (primary N) is 1. The molecule has 0 aromatic heterocycles. The first kappa shape index (κ1) is 15.8. The van der Waals surface area contributed by atoms with Crippen molar-refractivity contribution in [2.75, 3.05) is 0 Å². The molecule has 0 bridgehead atoms. The summed E-state index contributed by atoms with van der Waals surface area (Å²) in [6.07, 6.45) is 0. The van der Waals surface area contributed by atoms with Gasteiger partial charge in [0, 0.05) is 11.6 Å². The molecule has 0 atom stereocenters. The highest BCUT2D eigenvalue weighted by Crippen LogP contribution is 3.02. The van der Waals surface area contributed by atoms with Gasteiger partial charge >= 0.3 is 10.2 Å².